The summed E-state index contributed by atoms with van der Waals surface area (Å²) < 4.78 is 27.7. The zero-order valence-electron chi connectivity index (χ0n) is 22.3. The number of nitrogens with one attached hydrogen (secondary N) is 1. The lowest BCUT2D eigenvalue weighted by molar-refractivity contribution is -0.137. The highest BCUT2D eigenvalue weighted by Gasteiger charge is 2.40. The number of carbonyl (C=O) groups is 3. The van der Waals surface area contributed by atoms with Gasteiger partial charge in [0.05, 0.1) is 11.4 Å². The number of sulfonamides is 1. The van der Waals surface area contributed by atoms with Gasteiger partial charge in [0.15, 0.2) is 5.96 Å². The fourth-order valence-electron chi connectivity index (χ4n) is 4.53. The van der Waals surface area contributed by atoms with E-state index in [1.165, 1.54) is 21.9 Å². The summed E-state index contributed by atoms with van der Waals surface area (Å²) in [6.07, 6.45) is 1.38. The molecule has 13 nitrogen and oxygen atoms in total. The Balaban J connectivity index is 1.82. The maximum Gasteiger partial charge on any atom is 0.250 e. The molecule has 1 aliphatic rings. The lowest BCUT2D eigenvalue weighted by Crippen LogP contribution is -2.56. The van der Waals surface area contributed by atoms with Crippen molar-refractivity contribution in [2.75, 3.05) is 30.3 Å². The second-order valence-corrected chi connectivity index (χ2v) is 11.3. The Kier molecular flexibility index (Phi) is 10.1. The molecule has 1 fully saturated rings. The first-order chi connectivity index (χ1) is 18.9. The fourth-order valence-corrected chi connectivity index (χ4v) is 5.50. The summed E-state index contributed by atoms with van der Waals surface area (Å²) >= 11 is 0. The van der Waals surface area contributed by atoms with E-state index in [4.69, 9.17) is 22.9 Å². The third-order valence-corrected chi connectivity index (χ3v) is 8.00. The lowest BCUT2D eigenvalue weighted by Gasteiger charge is -2.34. The van der Waals surface area contributed by atoms with Crippen molar-refractivity contribution < 1.29 is 22.8 Å². The number of hydrogen-bond acceptors (Lipinski definition) is 7. The number of hydrogen-bond donors (Lipinski definition) is 5. The zero-order chi connectivity index (χ0) is 29.4. The Hall–Kier alpha value is -4.17. The molecular formula is C26H36N8O5S. The van der Waals surface area contributed by atoms with Gasteiger partial charge in [0, 0.05) is 24.5 Å². The maximum absolute atomic E-state index is 14.0. The summed E-state index contributed by atoms with van der Waals surface area (Å²) in [5.74, 6) is -1.91. The van der Waals surface area contributed by atoms with Crippen molar-refractivity contribution in [3.8, 4) is 0 Å². The summed E-state index contributed by atoms with van der Waals surface area (Å²) in [7, 11) is -3.94. The molecule has 9 N–H and O–H groups in total. The quantitative estimate of drug-likeness (QED) is 0.0988. The predicted octanol–water partition coefficient (Wildman–Crippen LogP) is -0.213. The number of amides is 3. The Labute approximate surface area is 233 Å². The van der Waals surface area contributed by atoms with E-state index in [9.17, 15) is 22.8 Å². The van der Waals surface area contributed by atoms with E-state index < -0.39 is 46.4 Å². The molecule has 1 aliphatic heterocycles. The van der Waals surface area contributed by atoms with Gasteiger partial charge in [-0.25, -0.2) is 13.1 Å². The highest BCUT2D eigenvalue weighted by atomic mass is 32.2. The first-order valence-corrected chi connectivity index (χ1v) is 14.3. The smallest absolute Gasteiger partial charge is 0.250 e. The van der Waals surface area contributed by atoms with Crippen LogP contribution in [0.3, 0.4) is 0 Å². The van der Waals surface area contributed by atoms with Crippen molar-refractivity contribution in [3.63, 3.8) is 0 Å². The van der Waals surface area contributed by atoms with Gasteiger partial charge in [-0.3, -0.25) is 24.3 Å². The molecule has 216 valence electrons. The van der Waals surface area contributed by atoms with Crippen LogP contribution in [-0.2, 0) is 24.4 Å². The highest BCUT2D eigenvalue weighted by Crippen LogP contribution is 2.27. The molecule has 0 spiro atoms. The van der Waals surface area contributed by atoms with E-state index in [1.807, 2.05) is 6.92 Å². The summed E-state index contributed by atoms with van der Waals surface area (Å²) in [4.78, 5) is 46.3. The first-order valence-electron chi connectivity index (χ1n) is 12.8. The maximum atomic E-state index is 14.0. The van der Waals surface area contributed by atoms with E-state index in [2.05, 4.69) is 9.71 Å². The SMILES string of the molecule is Cc1ccc(S(=O)(=O)NCC(=O)N2CCC[C@H]2C(=O)N(c2ccc(N)cc2)[C@@H](CCCN=C(N)N)C(N)=O)cc1. The van der Waals surface area contributed by atoms with Crippen LogP contribution < -0.4 is 32.6 Å². The Bertz CT molecular complexity index is 1340. The van der Waals surface area contributed by atoms with Crippen molar-refractivity contribution >= 4 is 45.1 Å². The number of guanidine groups is 1. The molecule has 2 aromatic rings. The number of aliphatic imine (C=N–C) groups is 1. The standard InChI is InChI=1S/C26H36N8O5S/c1-17-6-12-20(13-7-17)40(38,39)32-16-23(35)33-15-3-5-22(33)25(37)34(19-10-8-18(27)9-11-19)21(24(28)36)4-2-14-31-26(29)30/h6-13,21-22,32H,2-5,14-16,27H2,1H3,(H2,28,36)(H4,29,30,31)/t21-,22-/m0/s1. The number of carbonyl (C=O) groups excluding carboxylic acids is 3. The van der Waals surface area contributed by atoms with E-state index >= 15 is 0 Å². The zero-order valence-corrected chi connectivity index (χ0v) is 23.1. The van der Waals surface area contributed by atoms with Gasteiger partial charge < -0.3 is 27.8 Å². The topological polar surface area (TPSA) is 220 Å². The molecule has 2 aromatic carbocycles. The molecule has 3 rings (SSSR count). The van der Waals surface area contributed by atoms with E-state index in [1.54, 1.807) is 36.4 Å². The average molecular weight is 573 g/mol. The number of likely N-dealkylation sites (tertiary alicyclic amines) is 1. The van der Waals surface area contributed by atoms with Crippen molar-refractivity contribution in [1.82, 2.24) is 9.62 Å². The second-order valence-electron chi connectivity index (χ2n) is 9.55. The average Bonchev–Trinajstić information content (AvgIpc) is 3.40. The number of nitrogens with zero attached hydrogens (tertiary/aromatic N) is 3. The van der Waals surface area contributed by atoms with Crippen molar-refractivity contribution in [3.05, 3.63) is 54.1 Å². The van der Waals surface area contributed by atoms with Crippen molar-refractivity contribution in [2.24, 2.45) is 22.2 Å². The van der Waals surface area contributed by atoms with Crippen LogP contribution in [0.4, 0.5) is 11.4 Å². The Morgan fingerprint density at radius 3 is 2.33 bits per heavy atom. The van der Waals surface area contributed by atoms with E-state index in [0.717, 1.165) is 5.56 Å². The minimum absolute atomic E-state index is 0.0273. The molecule has 0 radical (unpaired) electrons. The summed E-state index contributed by atoms with van der Waals surface area (Å²) in [6, 6.07) is 10.6. The monoisotopic (exact) mass is 572 g/mol. The minimum Gasteiger partial charge on any atom is -0.399 e. The number of benzene rings is 2. The molecule has 3 amide bonds. The number of anilines is 2. The molecule has 0 saturated carbocycles. The largest absolute Gasteiger partial charge is 0.399 e. The summed E-state index contributed by atoms with van der Waals surface area (Å²) in [6.45, 7) is 1.78. The van der Waals surface area contributed by atoms with Crippen LogP contribution in [0.25, 0.3) is 0 Å². The van der Waals surface area contributed by atoms with Gasteiger partial charge in [0.1, 0.15) is 12.1 Å². The molecule has 0 aliphatic carbocycles. The molecule has 0 bridgehead atoms. The summed E-state index contributed by atoms with van der Waals surface area (Å²) in [5.41, 5.74) is 24.0. The van der Waals surface area contributed by atoms with Crippen LogP contribution in [0, 0.1) is 6.92 Å². The highest BCUT2D eigenvalue weighted by molar-refractivity contribution is 7.89. The van der Waals surface area contributed by atoms with Crippen LogP contribution in [0.15, 0.2) is 58.4 Å². The van der Waals surface area contributed by atoms with Gasteiger partial charge in [0.25, 0.3) is 5.91 Å². The lowest BCUT2D eigenvalue weighted by atomic mass is 10.0. The summed E-state index contributed by atoms with van der Waals surface area (Å²) in [5, 5.41) is 0. The Morgan fingerprint density at radius 1 is 1.07 bits per heavy atom. The van der Waals surface area contributed by atoms with Gasteiger partial charge in [-0.1, -0.05) is 17.7 Å². The van der Waals surface area contributed by atoms with Gasteiger partial charge in [-0.05, 0) is 69.0 Å². The molecule has 40 heavy (non-hydrogen) atoms. The molecular weight excluding hydrogens is 536 g/mol. The molecule has 2 atom stereocenters. The third kappa shape index (κ3) is 7.70. The molecule has 0 aromatic heterocycles. The van der Waals surface area contributed by atoms with Crippen LogP contribution in [0.2, 0.25) is 0 Å². The van der Waals surface area contributed by atoms with Crippen LogP contribution >= 0.6 is 0 Å². The van der Waals surface area contributed by atoms with E-state index in [0.29, 0.717) is 30.6 Å². The van der Waals surface area contributed by atoms with Gasteiger partial charge in [-0.2, -0.15) is 0 Å². The van der Waals surface area contributed by atoms with E-state index in [-0.39, 0.29) is 30.4 Å². The molecule has 0 unspecified atom stereocenters. The van der Waals surface area contributed by atoms with Gasteiger partial charge >= 0.3 is 0 Å². The minimum atomic E-state index is -3.94. The number of rotatable bonds is 12. The normalized spacial score (nSPS) is 15.8. The number of aryl methyl sites for hydroxylation is 1. The van der Waals surface area contributed by atoms with Gasteiger partial charge in [-0.15, -0.1) is 0 Å². The van der Waals surface area contributed by atoms with Crippen molar-refractivity contribution in [2.45, 2.75) is 49.6 Å². The molecule has 1 heterocycles. The Morgan fingerprint density at radius 2 is 1.73 bits per heavy atom. The fraction of sp³-hybridized carbons (Fsp3) is 0.385. The number of nitrogens with two attached hydrogens (primary N) is 4. The first kappa shape index (κ1) is 30.4. The molecule has 1 saturated heterocycles. The third-order valence-electron chi connectivity index (χ3n) is 6.58. The number of nitrogen functional groups attached to an aromatic ring is 1. The van der Waals surface area contributed by atoms with Crippen LogP contribution in [0.1, 0.15) is 31.2 Å². The van der Waals surface area contributed by atoms with Crippen LogP contribution in [-0.4, -0.2) is 68.7 Å². The predicted molar refractivity (Wildman–Crippen MR) is 152 cm³/mol. The second kappa shape index (κ2) is 13.3. The van der Waals surface area contributed by atoms with Crippen LogP contribution in [0.5, 0.6) is 0 Å². The number of primary amides is 1. The van der Waals surface area contributed by atoms with Crippen molar-refractivity contribution in [1.29, 1.82) is 0 Å². The molecule has 14 heteroatoms. The van der Waals surface area contributed by atoms with Gasteiger partial charge in [0.2, 0.25) is 21.8 Å².